The minimum Gasteiger partial charge on any atom is -0.394 e. The first-order valence-corrected chi connectivity index (χ1v) is 5.99. The van der Waals surface area contributed by atoms with Gasteiger partial charge in [-0.3, -0.25) is 4.79 Å². The molecule has 0 saturated heterocycles. The minimum absolute atomic E-state index is 0.0985. The molecule has 1 rings (SSSR count). The topological polar surface area (TPSA) is 49.3 Å². The number of hydrogen-bond donors (Lipinski definition) is 2. The van der Waals surface area contributed by atoms with Crippen LogP contribution in [-0.2, 0) is 0 Å². The maximum atomic E-state index is 12.0. The molecule has 3 nitrogen and oxygen atoms in total. The van der Waals surface area contributed by atoms with Gasteiger partial charge in [-0.25, -0.2) is 0 Å². The van der Waals surface area contributed by atoms with Crippen LogP contribution in [0.15, 0.2) is 18.2 Å². The van der Waals surface area contributed by atoms with E-state index in [1.165, 1.54) is 0 Å². The van der Waals surface area contributed by atoms with Crippen LogP contribution in [0.5, 0.6) is 0 Å². The molecule has 17 heavy (non-hydrogen) atoms. The number of carbonyl (C=O) groups excluding carboxylic acids is 1. The van der Waals surface area contributed by atoms with Crippen LogP contribution < -0.4 is 5.32 Å². The molecule has 0 bridgehead atoms. The molecule has 0 fully saturated rings. The van der Waals surface area contributed by atoms with Crippen molar-refractivity contribution in [2.24, 2.45) is 0 Å². The molecule has 2 N–H and O–H groups in total. The van der Waals surface area contributed by atoms with Gasteiger partial charge < -0.3 is 10.4 Å². The summed E-state index contributed by atoms with van der Waals surface area (Å²) in [6.07, 6.45) is 0.652. The third-order valence-corrected chi connectivity index (χ3v) is 3.23. The molecule has 1 aromatic rings. The first-order chi connectivity index (χ1) is 7.91. The molecule has 0 aliphatic rings. The Hall–Kier alpha value is -1.06. The fourth-order valence-corrected chi connectivity index (χ4v) is 1.71. The van der Waals surface area contributed by atoms with Crippen LogP contribution in [0.25, 0.3) is 0 Å². The normalized spacial score (nSPS) is 14.2. The molecule has 1 atom stereocenters. The summed E-state index contributed by atoms with van der Waals surface area (Å²) in [5.74, 6) is -0.256. The Morgan fingerprint density at radius 2 is 2.18 bits per heavy atom. The molecule has 94 valence electrons. The van der Waals surface area contributed by atoms with Crippen LogP contribution in [-0.4, -0.2) is 23.2 Å². The number of benzene rings is 1. The van der Waals surface area contributed by atoms with Gasteiger partial charge in [0.25, 0.3) is 5.91 Å². The van der Waals surface area contributed by atoms with Crippen molar-refractivity contribution in [1.82, 2.24) is 5.32 Å². The van der Waals surface area contributed by atoms with Crippen LogP contribution >= 0.6 is 11.6 Å². The fraction of sp³-hybridized carbons (Fsp3) is 0.462. The maximum absolute atomic E-state index is 12.0. The lowest BCUT2D eigenvalue weighted by atomic mass is 9.99. The highest BCUT2D eigenvalue weighted by Gasteiger charge is 2.24. The summed E-state index contributed by atoms with van der Waals surface area (Å²) in [6.45, 7) is 5.52. The van der Waals surface area contributed by atoms with Crippen LogP contribution in [0.3, 0.4) is 0 Å². The second kappa shape index (κ2) is 5.52. The van der Waals surface area contributed by atoms with E-state index in [-0.39, 0.29) is 12.5 Å². The van der Waals surface area contributed by atoms with Gasteiger partial charge in [-0.1, -0.05) is 24.6 Å². The second-order valence-electron chi connectivity index (χ2n) is 4.51. The molecular formula is C13H18ClNO2. The quantitative estimate of drug-likeness (QED) is 0.869. The molecule has 0 heterocycles. The molecule has 0 aromatic heterocycles. The predicted molar refractivity (Wildman–Crippen MR) is 69.4 cm³/mol. The largest absolute Gasteiger partial charge is 0.394 e. The maximum Gasteiger partial charge on any atom is 0.253 e. The smallest absolute Gasteiger partial charge is 0.253 e. The summed E-state index contributed by atoms with van der Waals surface area (Å²) in [5, 5.41) is 12.5. The van der Waals surface area contributed by atoms with E-state index in [2.05, 4.69) is 5.32 Å². The Morgan fingerprint density at radius 3 is 2.65 bits per heavy atom. The molecule has 1 amide bonds. The standard InChI is InChI=1S/C13H18ClNO2/c1-4-13(3,8-16)15-12(17)10-6-5-9(2)7-11(10)14/h5-7,16H,4,8H2,1-3H3,(H,15,17). The Bertz CT molecular complexity index is 414. The van der Waals surface area contributed by atoms with Crippen LogP contribution in [0.1, 0.15) is 36.2 Å². The molecule has 0 spiro atoms. The van der Waals surface area contributed by atoms with Gasteiger partial charge in [0.2, 0.25) is 0 Å². The van der Waals surface area contributed by atoms with E-state index in [1.54, 1.807) is 19.1 Å². The average molecular weight is 256 g/mol. The molecule has 1 unspecified atom stereocenters. The van der Waals surface area contributed by atoms with Crippen molar-refractivity contribution >= 4 is 17.5 Å². The van der Waals surface area contributed by atoms with Gasteiger partial charge in [-0.2, -0.15) is 0 Å². The number of carbonyl (C=O) groups is 1. The van der Waals surface area contributed by atoms with Crippen LogP contribution in [0, 0.1) is 6.92 Å². The van der Waals surface area contributed by atoms with E-state index in [0.717, 1.165) is 5.56 Å². The zero-order valence-corrected chi connectivity index (χ0v) is 11.1. The number of halogens is 1. The van der Waals surface area contributed by atoms with Gasteiger partial charge in [0.1, 0.15) is 0 Å². The number of amides is 1. The molecule has 0 radical (unpaired) electrons. The lowest BCUT2D eigenvalue weighted by Crippen LogP contribution is -2.48. The van der Waals surface area contributed by atoms with E-state index < -0.39 is 5.54 Å². The highest BCUT2D eigenvalue weighted by atomic mass is 35.5. The lowest BCUT2D eigenvalue weighted by Gasteiger charge is -2.27. The molecule has 0 saturated carbocycles. The third-order valence-electron chi connectivity index (χ3n) is 2.91. The zero-order chi connectivity index (χ0) is 13.1. The monoisotopic (exact) mass is 255 g/mol. The number of rotatable bonds is 4. The molecule has 1 aromatic carbocycles. The van der Waals surface area contributed by atoms with Crippen molar-refractivity contribution in [3.05, 3.63) is 34.3 Å². The first-order valence-electron chi connectivity index (χ1n) is 5.61. The molecular weight excluding hydrogens is 238 g/mol. The van der Waals surface area contributed by atoms with Crippen molar-refractivity contribution in [1.29, 1.82) is 0 Å². The first kappa shape index (κ1) is 14.0. The number of aliphatic hydroxyl groups excluding tert-OH is 1. The van der Waals surface area contributed by atoms with Gasteiger partial charge >= 0.3 is 0 Å². The number of nitrogens with one attached hydrogen (secondary N) is 1. The van der Waals surface area contributed by atoms with E-state index in [4.69, 9.17) is 11.6 Å². The van der Waals surface area contributed by atoms with Crippen molar-refractivity contribution in [2.75, 3.05) is 6.61 Å². The summed E-state index contributed by atoms with van der Waals surface area (Å²) in [4.78, 5) is 12.0. The summed E-state index contributed by atoms with van der Waals surface area (Å²) < 4.78 is 0. The predicted octanol–water partition coefficient (Wildman–Crippen LogP) is 2.54. The summed E-state index contributed by atoms with van der Waals surface area (Å²) >= 11 is 6.02. The second-order valence-corrected chi connectivity index (χ2v) is 4.92. The Morgan fingerprint density at radius 1 is 1.53 bits per heavy atom. The van der Waals surface area contributed by atoms with Crippen LogP contribution in [0.2, 0.25) is 5.02 Å². The number of hydrogen-bond acceptors (Lipinski definition) is 2. The average Bonchev–Trinajstić information content (AvgIpc) is 2.28. The Labute approximate surface area is 107 Å². The Balaban J connectivity index is 2.90. The Kier molecular flexibility index (Phi) is 4.54. The van der Waals surface area contributed by atoms with Gasteiger partial charge in [-0.15, -0.1) is 0 Å². The lowest BCUT2D eigenvalue weighted by molar-refractivity contribution is 0.0847. The van der Waals surface area contributed by atoms with E-state index in [1.807, 2.05) is 19.9 Å². The molecule has 0 aliphatic carbocycles. The summed E-state index contributed by atoms with van der Waals surface area (Å²) in [5.41, 5.74) is 0.836. The fourth-order valence-electron chi connectivity index (χ4n) is 1.39. The van der Waals surface area contributed by atoms with Gasteiger partial charge in [0.15, 0.2) is 0 Å². The van der Waals surface area contributed by atoms with Crippen molar-refractivity contribution in [3.63, 3.8) is 0 Å². The van der Waals surface area contributed by atoms with Crippen LogP contribution in [0.4, 0.5) is 0 Å². The SMILES string of the molecule is CCC(C)(CO)NC(=O)c1ccc(C)cc1Cl. The van der Waals surface area contributed by atoms with Crippen molar-refractivity contribution < 1.29 is 9.90 Å². The minimum atomic E-state index is -0.606. The van der Waals surface area contributed by atoms with Crippen molar-refractivity contribution in [3.8, 4) is 0 Å². The van der Waals surface area contributed by atoms with Gasteiger partial charge in [-0.05, 0) is 38.0 Å². The molecule has 4 heteroatoms. The number of aryl methyl sites for hydroxylation is 1. The third kappa shape index (κ3) is 3.45. The highest BCUT2D eigenvalue weighted by Crippen LogP contribution is 2.19. The highest BCUT2D eigenvalue weighted by molar-refractivity contribution is 6.33. The van der Waals surface area contributed by atoms with Crippen molar-refractivity contribution in [2.45, 2.75) is 32.7 Å². The van der Waals surface area contributed by atoms with E-state index in [0.29, 0.717) is 17.0 Å². The van der Waals surface area contributed by atoms with Gasteiger partial charge in [0.05, 0.1) is 22.7 Å². The van der Waals surface area contributed by atoms with E-state index >= 15 is 0 Å². The molecule has 0 aliphatic heterocycles. The summed E-state index contributed by atoms with van der Waals surface area (Å²) in [6, 6.07) is 5.28. The van der Waals surface area contributed by atoms with Gasteiger partial charge in [0, 0.05) is 0 Å². The number of aliphatic hydroxyl groups is 1. The summed E-state index contributed by atoms with van der Waals surface area (Å²) in [7, 11) is 0. The van der Waals surface area contributed by atoms with E-state index in [9.17, 15) is 9.90 Å². The zero-order valence-electron chi connectivity index (χ0n) is 10.4.